The van der Waals surface area contributed by atoms with Gasteiger partial charge in [0.25, 0.3) is 5.91 Å². The van der Waals surface area contributed by atoms with Crippen molar-refractivity contribution in [3.8, 4) is 0 Å². The second-order valence-corrected chi connectivity index (χ2v) is 7.95. The molecule has 6 nitrogen and oxygen atoms in total. The van der Waals surface area contributed by atoms with E-state index in [0.717, 1.165) is 63.1 Å². The Morgan fingerprint density at radius 3 is 2.33 bits per heavy atom. The van der Waals surface area contributed by atoms with Crippen LogP contribution in [0.5, 0.6) is 0 Å². The first-order valence-electron chi connectivity index (χ1n) is 10.8. The van der Waals surface area contributed by atoms with Crippen molar-refractivity contribution in [2.75, 3.05) is 43.0 Å². The molecule has 0 radical (unpaired) electrons. The second kappa shape index (κ2) is 9.76. The lowest BCUT2D eigenvalue weighted by atomic mass is 10.1. The van der Waals surface area contributed by atoms with Crippen LogP contribution >= 0.6 is 0 Å². The van der Waals surface area contributed by atoms with Crippen LogP contribution in [0.2, 0.25) is 0 Å². The van der Waals surface area contributed by atoms with Crippen LogP contribution in [0, 0.1) is 0 Å². The first-order valence-corrected chi connectivity index (χ1v) is 10.8. The van der Waals surface area contributed by atoms with Gasteiger partial charge in [0.05, 0.1) is 12.2 Å². The molecule has 2 aliphatic heterocycles. The minimum Gasteiger partial charge on any atom is -0.371 e. The minimum absolute atomic E-state index is 0.0296. The average Bonchev–Trinajstić information content (AvgIpc) is 3.48. The van der Waals surface area contributed by atoms with E-state index in [1.165, 1.54) is 0 Å². The molecule has 6 heteroatoms. The molecule has 2 aliphatic rings. The highest BCUT2D eigenvalue weighted by Gasteiger charge is 2.25. The van der Waals surface area contributed by atoms with E-state index >= 15 is 0 Å². The number of hydrogen-bond acceptors (Lipinski definition) is 4. The summed E-state index contributed by atoms with van der Waals surface area (Å²) in [6.45, 7) is 3.92. The number of carbonyl (C=O) groups excluding carboxylic acids is 2. The van der Waals surface area contributed by atoms with Crippen LogP contribution in [0.4, 0.5) is 11.4 Å². The van der Waals surface area contributed by atoms with Crippen LogP contribution in [-0.2, 0) is 16.1 Å². The van der Waals surface area contributed by atoms with Gasteiger partial charge in [-0.05, 0) is 49.4 Å². The monoisotopic (exact) mass is 407 g/mol. The maximum atomic E-state index is 13.2. The lowest BCUT2D eigenvalue weighted by Gasteiger charge is -2.24. The fourth-order valence-corrected chi connectivity index (χ4v) is 4.14. The largest absolute Gasteiger partial charge is 0.371 e. The molecule has 4 rings (SSSR count). The molecule has 158 valence electrons. The third kappa shape index (κ3) is 5.00. The molecular formula is C24H29N3O3. The van der Waals surface area contributed by atoms with Crippen LogP contribution in [0.3, 0.4) is 0 Å². The lowest BCUT2D eigenvalue weighted by molar-refractivity contribution is -0.121. The highest BCUT2D eigenvalue weighted by molar-refractivity contribution is 6.02. The third-order valence-electron chi connectivity index (χ3n) is 5.70. The van der Waals surface area contributed by atoms with Crippen LogP contribution in [-0.4, -0.2) is 49.5 Å². The lowest BCUT2D eigenvalue weighted by Crippen LogP contribution is -2.30. The Bertz CT molecular complexity index is 873. The molecule has 2 aromatic carbocycles. The van der Waals surface area contributed by atoms with E-state index in [9.17, 15) is 9.59 Å². The summed E-state index contributed by atoms with van der Waals surface area (Å²) >= 11 is 0. The molecule has 0 atom stereocenters. The number of likely N-dealkylation sites (tertiary alicyclic amines) is 1. The van der Waals surface area contributed by atoms with E-state index in [-0.39, 0.29) is 18.4 Å². The molecular weight excluding hydrogens is 378 g/mol. The number of amides is 2. The van der Waals surface area contributed by atoms with Gasteiger partial charge in [-0.25, -0.2) is 0 Å². The molecule has 0 bridgehead atoms. The van der Waals surface area contributed by atoms with Crippen molar-refractivity contribution in [2.24, 2.45) is 0 Å². The number of hydrogen-bond donors (Lipinski definition) is 1. The quantitative estimate of drug-likeness (QED) is 0.761. The summed E-state index contributed by atoms with van der Waals surface area (Å²) < 4.78 is 5.52. The molecule has 1 N–H and O–H groups in total. The zero-order chi connectivity index (χ0) is 20.8. The van der Waals surface area contributed by atoms with Crippen molar-refractivity contribution in [2.45, 2.75) is 32.3 Å². The molecule has 0 aliphatic carbocycles. The number of rotatable bonds is 7. The number of nitrogens with zero attached hydrogens (tertiary/aromatic N) is 2. The van der Waals surface area contributed by atoms with Gasteiger partial charge in [0, 0.05) is 37.6 Å². The predicted octanol–water partition coefficient (Wildman–Crippen LogP) is 3.68. The Balaban J connectivity index is 1.43. The van der Waals surface area contributed by atoms with Gasteiger partial charge in [-0.1, -0.05) is 30.3 Å². The molecule has 2 heterocycles. The normalized spacial score (nSPS) is 16.1. The Morgan fingerprint density at radius 2 is 1.60 bits per heavy atom. The SMILES string of the molecule is O=C(COCc1ccccc1)Nc1ccc(N2CCCC2)c(C(=O)N2CCCC2)c1. The summed E-state index contributed by atoms with van der Waals surface area (Å²) in [6.07, 6.45) is 4.41. The number of ether oxygens (including phenoxy) is 1. The van der Waals surface area contributed by atoms with Crippen molar-refractivity contribution in [3.05, 3.63) is 59.7 Å². The van der Waals surface area contributed by atoms with Gasteiger partial charge in [0.2, 0.25) is 5.91 Å². The summed E-state index contributed by atoms with van der Waals surface area (Å²) in [7, 11) is 0. The average molecular weight is 408 g/mol. The first kappa shape index (κ1) is 20.4. The van der Waals surface area contributed by atoms with Gasteiger partial charge in [0.15, 0.2) is 0 Å². The summed E-state index contributed by atoms with van der Waals surface area (Å²) in [5.74, 6) is -0.162. The summed E-state index contributed by atoms with van der Waals surface area (Å²) in [5, 5.41) is 2.88. The smallest absolute Gasteiger partial charge is 0.256 e. The van der Waals surface area contributed by atoms with E-state index in [4.69, 9.17) is 4.74 Å². The molecule has 2 aromatic rings. The van der Waals surface area contributed by atoms with E-state index < -0.39 is 0 Å². The second-order valence-electron chi connectivity index (χ2n) is 7.95. The number of carbonyl (C=O) groups is 2. The van der Waals surface area contributed by atoms with Gasteiger partial charge in [-0.3, -0.25) is 9.59 Å². The van der Waals surface area contributed by atoms with E-state index in [0.29, 0.717) is 17.9 Å². The Hall–Kier alpha value is -2.86. The van der Waals surface area contributed by atoms with Gasteiger partial charge in [-0.15, -0.1) is 0 Å². The molecule has 2 amide bonds. The van der Waals surface area contributed by atoms with Gasteiger partial charge in [-0.2, -0.15) is 0 Å². The fourth-order valence-electron chi connectivity index (χ4n) is 4.14. The topological polar surface area (TPSA) is 61.9 Å². The summed E-state index contributed by atoms with van der Waals surface area (Å²) in [4.78, 5) is 29.7. The van der Waals surface area contributed by atoms with Gasteiger partial charge >= 0.3 is 0 Å². The standard InChI is InChI=1S/C24H29N3O3/c28-23(18-30-17-19-8-2-1-3-9-19)25-20-10-11-22(26-12-4-5-13-26)21(16-20)24(29)27-14-6-7-15-27/h1-3,8-11,16H,4-7,12-15,17-18H2,(H,25,28). The maximum absolute atomic E-state index is 13.2. The summed E-state index contributed by atoms with van der Waals surface area (Å²) in [5.41, 5.74) is 3.32. The minimum atomic E-state index is -0.223. The first-order chi connectivity index (χ1) is 14.7. The zero-order valence-electron chi connectivity index (χ0n) is 17.3. The van der Waals surface area contributed by atoms with Crippen molar-refractivity contribution < 1.29 is 14.3 Å². The Kier molecular flexibility index (Phi) is 6.64. The Morgan fingerprint density at radius 1 is 0.900 bits per heavy atom. The van der Waals surface area contributed by atoms with Crippen molar-refractivity contribution in [1.29, 1.82) is 0 Å². The Labute approximate surface area is 177 Å². The number of benzene rings is 2. The molecule has 2 fully saturated rings. The number of nitrogens with one attached hydrogen (secondary N) is 1. The summed E-state index contributed by atoms with van der Waals surface area (Å²) in [6, 6.07) is 15.4. The highest BCUT2D eigenvalue weighted by Crippen LogP contribution is 2.29. The predicted molar refractivity (Wildman–Crippen MR) is 118 cm³/mol. The van der Waals surface area contributed by atoms with Crippen molar-refractivity contribution in [3.63, 3.8) is 0 Å². The zero-order valence-corrected chi connectivity index (χ0v) is 17.3. The molecule has 0 aromatic heterocycles. The van der Waals surface area contributed by atoms with Gasteiger partial charge in [0.1, 0.15) is 6.61 Å². The fraction of sp³-hybridized carbons (Fsp3) is 0.417. The highest BCUT2D eigenvalue weighted by atomic mass is 16.5. The van der Waals surface area contributed by atoms with Crippen molar-refractivity contribution >= 4 is 23.2 Å². The van der Waals surface area contributed by atoms with E-state index in [1.807, 2.05) is 53.4 Å². The van der Waals surface area contributed by atoms with E-state index in [2.05, 4.69) is 10.2 Å². The van der Waals surface area contributed by atoms with Crippen LogP contribution in [0.1, 0.15) is 41.6 Å². The molecule has 2 saturated heterocycles. The molecule has 30 heavy (non-hydrogen) atoms. The maximum Gasteiger partial charge on any atom is 0.256 e. The van der Waals surface area contributed by atoms with E-state index in [1.54, 1.807) is 0 Å². The van der Waals surface area contributed by atoms with Crippen LogP contribution < -0.4 is 10.2 Å². The van der Waals surface area contributed by atoms with Crippen LogP contribution in [0.15, 0.2) is 48.5 Å². The molecule has 0 unspecified atom stereocenters. The molecule has 0 spiro atoms. The van der Waals surface area contributed by atoms with Crippen molar-refractivity contribution in [1.82, 2.24) is 4.90 Å². The van der Waals surface area contributed by atoms with Crippen LogP contribution in [0.25, 0.3) is 0 Å². The molecule has 0 saturated carbocycles. The van der Waals surface area contributed by atoms with Gasteiger partial charge < -0.3 is 19.9 Å². The number of anilines is 2. The third-order valence-corrected chi connectivity index (χ3v) is 5.70.